The number of pyridine rings is 1. The second-order valence-corrected chi connectivity index (χ2v) is 5.71. The Bertz CT molecular complexity index is 418. The molecule has 1 unspecified atom stereocenters. The molecule has 1 atom stereocenters. The van der Waals surface area contributed by atoms with Gasteiger partial charge in [0.25, 0.3) is 0 Å². The van der Waals surface area contributed by atoms with Gasteiger partial charge in [-0.15, -0.1) is 0 Å². The van der Waals surface area contributed by atoms with Gasteiger partial charge >= 0.3 is 0 Å². The first-order valence-electron chi connectivity index (χ1n) is 7.56. The molecular weight excluding hydrogens is 250 g/mol. The molecule has 20 heavy (non-hydrogen) atoms. The number of hydrogen-bond donors (Lipinski definition) is 1. The molecule has 1 saturated heterocycles. The Morgan fingerprint density at radius 2 is 2.00 bits per heavy atom. The first-order chi connectivity index (χ1) is 9.58. The summed E-state index contributed by atoms with van der Waals surface area (Å²) in [4.78, 5) is 7.04. The normalized spacial score (nSPS) is 18.2. The molecule has 0 aliphatic carbocycles. The van der Waals surface area contributed by atoms with Crippen LogP contribution in [0.4, 0.5) is 0 Å². The van der Waals surface area contributed by atoms with Crippen LogP contribution in [0.15, 0.2) is 6.07 Å². The van der Waals surface area contributed by atoms with Crippen LogP contribution in [0.5, 0.6) is 0 Å². The molecule has 1 aliphatic heterocycles. The van der Waals surface area contributed by atoms with Crippen molar-refractivity contribution in [2.75, 3.05) is 39.4 Å². The first-order valence-corrected chi connectivity index (χ1v) is 7.56. The van der Waals surface area contributed by atoms with Crippen LogP contribution in [0.3, 0.4) is 0 Å². The molecule has 0 radical (unpaired) electrons. The van der Waals surface area contributed by atoms with Crippen molar-refractivity contribution in [3.63, 3.8) is 0 Å². The lowest BCUT2D eigenvalue weighted by Gasteiger charge is -2.27. The Morgan fingerprint density at radius 1 is 1.30 bits per heavy atom. The van der Waals surface area contributed by atoms with Gasteiger partial charge in [0.15, 0.2) is 0 Å². The molecule has 0 bridgehead atoms. The van der Waals surface area contributed by atoms with Crippen LogP contribution in [0.2, 0.25) is 0 Å². The number of aryl methyl sites for hydroxylation is 3. The van der Waals surface area contributed by atoms with Crippen molar-refractivity contribution < 1.29 is 4.74 Å². The summed E-state index contributed by atoms with van der Waals surface area (Å²) in [6, 6.07) is 2.52. The topological polar surface area (TPSA) is 37.4 Å². The van der Waals surface area contributed by atoms with E-state index in [1.54, 1.807) is 0 Å². The van der Waals surface area contributed by atoms with E-state index in [0.29, 0.717) is 6.04 Å². The summed E-state index contributed by atoms with van der Waals surface area (Å²) in [7, 11) is 0. The number of ether oxygens (including phenoxy) is 1. The van der Waals surface area contributed by atoms with E-state index >= 15 is 0 Å². The number of hydrogen-bond acceptors (Lipinski definition) is 4. The average Bonchev–Trinajstić information content (AvgIpc) is 2.38. The summed E-state index contributed by atoms with van der Waals surface area (Å²) >= 11 is 0. The van der Waals surface area contributed by atoms with Gasteiger partial charge < -0.3 is 10.1 Å². The minimum Gasteiger partial charge on any atom is -0.379 e. The van der Waals surface area contributed by atoms with Crippen LogP contribution in [-0.2, 0) is 4.74 Å². The second-order valence-electron chi connectivity index (χ2n) is 5.71. The molecular formula is C16H27N3O. The lowest BCUT2D eigenvalue weighted by molar-refractivity contribution is 0.0382. The van der Waals surface area contributed by atoms with E-state index in [0.717, 1.165) is 50.8 Å². The van der Waals surface area contributed by atoms with Crippen LogP contribution in [0.1, 0.15) is 35.5 Å². The largest absolute Gasteiger partial charge is 0.379 e. The third-order valence-electron chi connectivity index (χ3n) is 4.00. The number of rotatable bonds is 5. The molecule has 4 heteroatoms. The van der Waals surface area contributed by atoms with Gasteiger partial charge in [-0.25, -0.2) is 0 Å². The van der Waals surface area contributed by atoms with Gasteiger partial charge in [-0.1, -0.05) is 0 Å². The number of nitrogens with one attached hydrogen (secondary N) is 1. The monoisotopic (exact) mass is 277 g/mol. The summed E-state index contributed by atoms with van der Waals surface area (Å²) < 4.78 is 5.37. The SMILES string of the molecule is Cc1cc(C)c(C(C)NCCN2CCOCC2)c(C)n1. The smallest absolute Gasteiger partial charge is 0.0594 e. The number of nitrogens with zero attached hydrogens (tertiary/aromatic N) is 2. The second kappa shape index (κ2) is 7.16. The quantitative estimate of drug-likeness (QED) is 0.893. The molecule has 0 saturated carbocycles. The highest BCUT2D eigenvalue weighted by Crippen LogP contribution is 2.20. The maximum Gasteiger partial charge on any atom is 0.0594 e. The van der Waals surface area contributed by atoms with Crippen LogP contribution in [0, 0.1) is 20.8 Å². The molecule has 112 valence electrons. The molecule has 0 spiro atoms. The zero-order valence-corrected chi connectivity index (χ0v) is 13.2. The van der Waals surface area contributed by atoms with E-state index in [1.807, 2.05) is 0 Å². The van der Waals surface area contributed by atoms with Crippen LogP contribution in [0.25, 0.3) is 0 Å². The van der Waals surface area contributed by atoms with Gasteiger partial charge in [0, 0.05) is 43.6 Å². The molecule has 1 aromatic heterocycles. The van der Waals surface area contributed by atoms with Gasteiger partial charge in [-0.2, -0.15) is 0 Å². The summed E-state index contributed by atoms with van der Waals surface area (Å²) in [5.41, 5.74) is 4.93. The highest BCUT2D eigenvalue weighted by Gasteiger charge is 2.14. The Morgan fingerprint density at radius 3 is 2.65 bits per heavy atom. The zero-order chi connectivity index (χ0) is 14.5. The number of aromatic nitrogens is 1. The predicted molar refractivity (Wildman–Crippen MR) is 82.1 cm³/mol. The van der Waals surface area contributed by atoms with Gasteiger partial charge in [-0.3, -0.25) is 9.88 Å². The van der Waals surface area contributed by atoms with Crippen molar-refractivity contribution in [2.45, 2.75) is 33.7 Å². The minimum atomic E-state index is 0.351. The predicted octanol–water partition coefficient (Wildman–Crippen LogP) is 1.99. The fourth-order valence-corrected chi connectivity index (χ4v) is 3.05. The summed E-state index contributed by atoms with van der Waals surface area (Å²) in [6.45, 7) is 14.5. The highest BCUT2D eigenvalue weighted by molar-refractivity contribution is 5.33. The lowest BCUT2D eigenvalue weighted by atomic mass is 10.0. The van der Waals surface area contributed by atoms with Gasteiger partial charge in [-0.05, 0) is 44.9 Å². The average molecular weight is 277 g/mol. The van der Waals surface area contributed by atoms with Crippen LogP contribution < -0.4 is 5.32 Å². The molecule has 2 heterocycles. The highest BCUT2D eigenvalue weighted by atomic mass is 16.5. The molecule has 2 rings (SSSR count). The van der Waals surface area contributed by atoms with Crippen LogP contribution in [-0.4, -0.2) is 49.3 Å². The number of morpholine rings is 1. The van der Waals surface area contributed by atoms with Gasteiger partial charge in [0.2, 0.25) is 0 Å². The van der Waals surface area contributed by atoms with Crippen molar-refractivity contribution >= 4 is 0 Å². The Kier molecular flexibility index (Phi) is 5.52. The Labute approximate surface area is 122 Å². The van der Waals surface area contributed by atoms with Crippen molar-refractivity contribution in [3.8, 4) is 0 Å². The standard InChI is InChI=1S/C16H27N3O/c1-12-11-13(2)18-15(4)16(12)14(3)17-5-6-19-7-9-20-10-8-19/h11,14,17H,5-10H2,1-4H3. The van der Waals surface area contributed by atoms with Gasteiger partial charge in [0.1, 0.15) is 0 Å². The van der Waals surface area contributed by atoms with E-state index in [-0.39, 0.29) is 0 Å². The van der Waals surface area contributed by atoms with E-state index in [1.165, 1.54) is 11.1 Å². The Balaban J connectivity index is 1.86. The molecule has 4 nitrogen and oxygen atoms in total. The van der Waals surface area contributed by atoms with Gasteiger partial charge in [0.05, 0.1) is 13.2 Å². The molecule has 1 N–H and O–H groups in total. The van der Waals surface area contributed by atoms with Crippen molar-refractivity contribution in [1.29, 1.82) is 0 Å². The van der Waals surface area contributed by atoms with E-state index < -0.39 is 0 Å². The van der Waals surface area contributed by atoms with Crippen LogP contribution >= 0.6 is 0 Å². The molecule has 1 aliphatic rings. The fourth-order valence-electron chi connectivity index (χ4n) is 3.05. The third-order valence-corrected chi connectivity index (χ3v) is 4.00. The third kappa shape index (κ3) is 4.01. The summed E-state index contributed by atoms with van der Waals surface area (Å²) in [6.07, 6.45) is 0. The maximum atomic E-state index is 5.37. The zero-order valence-electron chi connectivity index (χ0n) is 13.2. The van der Waals surface area contributed by atoms with E-state index in [9.17, 15) is 0 Å². The fraction of sp³-hybridized carbons (Fsp3) is 0.688. The molecule has 1 fully saturated rings. The van der Waals surface area contributed by atoms with E-state index in [4.69, 9.17) is 4.74 Å². The Hall–Kier alpha value is -0.970. The van der Waals surface area contributed by atoms with Crippen molar-refractivity contribution in [3.05, 3.63) is 28.6 Å². The first kappa shape index (κ1) is 15.4. The molecule has 0 amide bonds. The van der Waals surface area contributed by atoms with Crippen molar-refractivity contribution in [2.24, 2.45) is 0 Å². The minimum absolute atomic E-state index is 0.351. The molecule has 0 aromatic carbocycles. The van der Waals surface area contributed by atoms with Crippen molar-refractivity contribution in [1.82, 2.24) is 15.2 Å². The van der Waals surface area contributed by atoms with E-state index in [2.05, 4.69) is 49.0 Å². The molecule has 1 aromatic rings. The lowest BCUT2D eigenvalue weighted by Crippen LogP contribution is -2.40. The summed E-state index contributed by atoms with van der Waals surface area (Å²) in [5, 5.41) is 3.62. The maximum absolute atomic E-state index is 5.37. The summed E-state index contributed by atoms with van der Waals surface area (Å²) in [5.74, 6) is 0.